The predicted molar refractivity (Wildman–Crippen MR) is 133 cm³/mol. The molecule has 0 bridgehead atoms. The summed E-state index contributed by atoms with van der Waals surface area (Å²) in [5, 5.41) is 24.6. The van der Waals surface area contributed by atoms with Gasteiger partial charge in [0, 0.05) is 27.8 Å². The van der Waals surface area contributed by atoms with Crippen molar-refractivity contribution in [2.24, 2.45) is 5.18 Å². The molecule has 180 valence electrons. The van der Waals surface area contributed by atoms with E-state index in [1.54, 1.807) is 0 Å². The van der Waals surface area contributed by atoms with Gasteiger partial charge in [0.15, 0.2) is 0 Å². The van der Waals surface area contributed by atoms with Crippen LogP contribution in [-0.4, -0.2) is 39.8 Å². The first-order valence-corrected chi connectivity index (χ1v) is 11.5. The number of aliphatic carboxylic acids is 1. The summed E-state index contributed by atoms with van der Waals surface area (Å²) in [4.78, 5) is 45.7. The van der Waals surface area contributed by atoms with Gasteiger partial charge in [0.1, 0.15) is 11.8 Å². The summed E-state index contributed by atoms with van der Waals surface area (Å²) in [5.41, 5.74) is 7.64. The minimum atomic E-state index is -1.15. The van der Waals surface area contributed by atoms with Crippen molar-refractivity contribution in [3.05, 3.63) is 94.4 Å². The summed E-state index contributed by atoms with van der Waals surface area (Å²) in [7, 11) is 0. The maximum atomic E-state index is 12.6. The third kappa shape index (κ3) is 7.30. The Balaban J connectivity index is 1.55. The lowest BCUT2D eigenvalue weighted by atomic mass is 10.1. The number of carboxylic acids is 1. The van der Waals surface area contributed by atoms with Crippen LogP contribution in [0.1, 0.15) is 26.3 Å². The standard InChI is InChI=1S/C24H22N4O6S/c29-21-12-17(8-11-19(21)27-26-18-9-6-16(7-10-18)23(31)28-34)22(30)25-20(24(32)33)14-35-13-15-4-2-1-3-5-15/h1-12,20,26-27,29H,13-14H2,(H,25,30)(H,32,33). The van der Waals surface area contributed by atoms with Crippen LogP contribution in [0.15, 0.2) is 78.0 Å². The number of rotatable bonds is 11. The Morgan fingerprint density at radius 2 is 1.60 bits per heavy atom. The highest BCUT2D eigenvalue weighted by Gasteiger charge is 2.21. The van der Waals surface area contributed by atoms with E-state index >= 15 is 0 Å². The van der Waals surface area contributed by atoms with E-state index in [1.165, 1.54) is 54.2 Å². The number of nitrogens with zero attached hydrogens (tertiary/aromatic N) is 1. The third-order valence-electron chi connectivity index (χ3n) is 4.82. The number of anilines is 2. The van der Waals surface area contributed by atoms with Crippen LogP contribution in [0.2, 0.25) is 0 Å². The van der Waals surface area contributed by atoms with Crippen molar-refractivity contribution >= 4 is 40.9 Å². The second kappa shape index (κ2) is 12.2. The van der Waals surface area contributed by atoms with Gasteiger partial charge in [-0.15, -0.1) is 4.91 Å². The highest BCUT2D eigenvalue weighted by Crippen LogP contribution is 2.25. The van der Waals surface area contributed by atoms with Gasteiger partial charge < -0.3 is 21.0 Å². The van der Waals surface area contributed by atoms with Gasteiger partial charge in [-0.25, -0.2) is 4.79 Å². The predicted octanol–water partition coefficient (Wildman–Crippen LogP) is 3.85. The van der Waals surface area contributed by atoms with Crippen LogP contribution >= 0.6 is 11.8 Å². The van der Waals surface area contributed by atoms with Gasteiger partial charge >= 0.3 is 11.9 Å². The minimum Gasteiger partial charge on any atom is -0.506 e. The molecule has 0 saturated heterocycles. The van der Waals surface area contributed by atoms with Gasteiger partial charge in [0.25, 0.3) is 5.91 Å². The summed E-state index contributed by atoms with van der Waals surface area (Å²) in [6, 6.07) is 18.5. The van der Waals surface area contributed by atoms with E-state index in [9.17, 15) is 29.5 Å². The Morgan fingerprint density at radius 3 is 2.23 bits per heavy atom. The zero-order valence-electron chi connectivity index (χ0n) is 18.3. The summed E-state index contributed by atoms with van der Waals surface area (Å²) in [6.07, 6.45) is 0. The van der Waals surface area contributed by atoms with Gasteiger partial charge in [-0.3, -0.25) is 15.0 Å². The van der Waals surface area contributed by atoms with Crippen molar-refractivity contribution in [3.63, 3.8) is 0 Å². The number of carbonyl (C=O) groups excluding carboxylic acids is 2. The Kier molecular flexibility index (Phi) is 8.79. The monoisotopic (exact) mass is 494 g/mol. The topological polar surface area (TPSA) is 157 Å². The fraction of sp³-hybridized carbons (Fsp3) is 0.125. The molecule has 0 radical (unpaired) electrons. The van der Waals surface area contributed by atoms with E-state index in [2.05, 4.69) is 21.3 Å². The first-order chi connectivity index (χ1) is 16.9. The van der Waals surface area contributed by atoms with Crippen LogP contribution in [-0.2, 0) is 10.5 Å². The van der Waals surface area contributed by atoms with Crippen molar-refractivity contribution < 1.29 is 24.6 Å². The van der Waals surface area contributed by atoms with Crippen LogP contribution in [0, 0.1) is 4.91 Å². The van der Waals surface area contributed by atoms with Crippen LogP contribution < -0.4 is 16.2 Å². The van der Waals surface area contributed by atoms with Crippen molar-refractivity contribution in [2.45, 2.75) is 11.8 Å². The average molecular weight is 495 g/mol. The largest absolute Gasteiger partial charge is 0.506 e. The lowest BCUT2D eigenvalue weighted by Crippen LogP contribution is -2.42. The molecule has 0 aliphatic heterocycles. The zero-order valence-corrected chi connectivity index (χ0v) is 19.1. The number of aromatic hydroxyl groups is 1. The van der Waals surface area contributed by atoms with E-state index < -0.39 is 23.8 Å². The quantitative estimate of drug-likeness (QED) is 0.152. The Hall–Kier alpha value is -4.38. The molecule has 3 rings (SSSR count). The lowest BCUT2D eigenvalue weighted by Gasteiger charge is -2.15. The molecular formula is C24H22N4O6S. The number of hydrogen-bond acceptors (Lipinski definition) is 8. The highest BCUT2D eigenvalue weighted by molar-refractivity contribution is 7.98. The van der Waals surface area contributed by atoms with E-state index in [-0.39, 0.29) is 28.3 Å². The number of benzene rings is 3. The normalized spacial score (nSPS) is 11.2. The number of nitrogens with one attached hydrogen (secondary N) is 3. The van der Waals surface area contributed by atoms with Crippen molar-refractivity contribution in [1.82, 2.24) is 5.32 Å². The molecule has 2 amide bonds. The van der Waals surface area contributed by atoms with Gasteiger partial charge in [-0.1, -0.05) is 30.3 Å². The van der Waals surface area contributed by atoms with Crippen molar-refractivity contribution in [2.75, 3.05) is 16.6 Å². The second-order valence-electron chi connectivity index (χ2n) is 7.32. The summed E-state index contributed by atoms with van der Waals surface area (Å²) in [6.45, 7) is 0. The fourth-order valence-corrected chi connectivity index (χ4v) is 3.96. The Bertz CT molecular complexity index is 1200. The molecule has 11 heteroatoms. The number of amides is 2. The number of carboxylic acid groups (broad SMARTS) is 1. The maximum absolute atomic E-state index is 12.6. The smallest absolute Gasteiger partial charge is 0.327 e. The fourth-order valence-electron chi connectivity index (χ4n) is 2.95. The molecule has 1 unspecified atom stereocenters. The first kappa shape index (κ1) is 25.2. The number of hydrogen-bond donors (Lipinski definition) is 5. The number of phenols is 1. The summed E-state index contributed by atoms with van der Waals surface area (Å²) >= 11 is 1.39. The van der Waals surface area contributed by atoms with Crippen LogP contribution in [0.25, 0.3) is 0 Å². The molecule has 0 aromatic heterocycles. The number of thioether (sulfide) groups is 1. The molecule has 0 fully saturated rings. The van der Waals surface area contributed by atoms with Gasteiger partial charge in [0.05, 0.1) is 11.4 Å². The number of phenolic OH excluding ortho intramolecular Hbond substituents is 1. The molecule has 0 heterocycles. The summed E-state index contributed by atoms with van der Waals surface area (Å²) < 4.78 is 0. The molecule has 5 N–H and O–H groups in total. The van der Waals surface area contributed by atoms with Crippen LogP contribution in [0.3, 0.4) is 0 Å². The number of hydrazine groups is 1. The zero-order chi connectivity index (χ0) is 25.2. The second-order valence-corrected chi connectivity index (χ2v) is 8.35. The molecule has 3 aromatic carbocycles. The van der Waals surface area contributed by atoms with E-state index in [0.29, 0.717) is 11.4 Å². The molecule has 0 aliphatic rings. The molecular weight excluding hydrogens is 472 g/mol. The van der Waals surface area contributed by atoms with E-state index in [1.807, 2.05) is 30.3 Å². The van der Waals surface area contributed by atoms with E-state index in [4.69, 9.17) is 0 Å². The minimum absolute atomic E-state index is 0.0941. The molecule has 0 saturated carbocycles. The van der Waals surface area contributed by atoms with Crippen molar-refractivity contribution in [1.29, 1.82) is 0 Å². The highest BCUT2D eigenvalue weighted by atomic mass is 32.2. The SMILES string of the molecule is O=NC(=O)c1ccc(NNc2ccc(C(=O)NC(CSCc3ccccc3)C(=O)O)cc2O)cc1. The maximum Gasteiger partial charge on any atom is 0.327 e. The van der Waals surface area contributed by atoms with Gasteiger partial charge in [-0.05, 0) is 48.0 Å². The lowest BCUT2D eigenvalue weighted by molar-refractivity contribution is -0.138. The third-order valence-corrected chi connectivity index (χ3v) is 5.92. The molecule has 35 heavy (non-hydrogen) atoms. The molecule has 0 aliphatic carbocycles. The Morgan fingerprint density at radius 1 is 0.914 bits per heavy atom. The average Bonchev–Trinajstić information content (AvgIpc) is 2.87. The Labute approximate surface area is 204 Å². The number of carbonyl (C=O) groups is 3. The van der Waals surface area contributed by atoms with Gasteiger partial charge in [0.2, 0.25) is 0 Å². The molecule has 3 aromatic rings. The van der Waals surface area contributed by atoms with Crippen LogP contribution in [0.4, 0.5) is 11.4 Å². The number of nitroso groups, excluding NO2 is 1. The summed E-state index contributed by atoms with van der Waals surface area (Å²) in [5.74, 6) is -2.11. The van der Waals surface area contributed by atoms with Crippen molar-refractivity contribution in [3.8, 4) is 5.75 Å². The van der Waals surface area contributed by atoms with E-state index in [0.717, 1.165) is 5.56 Å². The molecule has 0 spiro atoms. The molecule has 10 nitrogen and oxygen atoms in total. The van der Waals surface area contributed by atoms with Crippen LogP contribution in [0.5, 0.6) is 5.75 Å². The van der Waals surface area contributed by atoms with Gasteiger partial charge in [-0.2, -0.15) is 11.8 Å². The molecule has 1 atom stereocenters. The first-order valence-electron chi connectivity index (χ1n) is 10.4.